The van der Waals surface area contributed by atoms with Crippen molar-refractivity contribution < 1.29 is 14.3 Å². The number of carbonyl (C=O) groups excluding carboxylic acids is 2. The molecule has 1 N–H and O–H groups in total. The number of carbonyl (C=O) groups is 2. The van der Waals surface area contributed by atoms with Gasteiger partial charge in [-0.3, -0.25) is 9.59 Å². The molecule has 1 saturated heterocycles. The van der Waals surface area contributed by atoms with Gasteiger partial charge in [-0.25, -0.2) is 0 Å². The second kappa shape index (κ2) is 8.83. The van der Waals surface area contributed by atoms with Crippen LogP contribution in [-0.2, 0) is 14.3 Å². The van der Waals surface area contributed by atoms with Gasteiger partial charge < -0.3 is 15.0 Å². The maximum atomic E-state index is 12.2. The molecule has 1 heterocycles. The van der Waals surface area contributed by atoms with Crippen LogP contribution >= 0.6 is 0 Å². The number of aryl methyl sites for hydroxylation is 2. The Bertz CT molecular complexity index is 586. The number of piperidine rings is 1. The summed E-state index contributed by atoms with van der Waals surface area (Å²) in [5.41, 5.74) is 3.07. The first-order chi connectivity index (χ1) is 11.5. The van der Waals surface area contributed by atoms with E-state index in [1.54, 1.807) is 0 Å². The van der Waals surface area contributed by atoms with E-state index in [0.29, 0.717) is 26.1 Å². The zero-order valence-corrected chi connectivity index (χ0v) is 14.9. The molecule has 1 amide bonds. The molecule has 0 aromatic heterocycles. The summed E-state index contributed by atoms with van der Waals surface area (Å²) >= 11 is 0. The third-order valence-corrected chi connectivity index (χ3v) is 4.45. The molecule has 1 aliphatic rings. The summed E-state index contributed by atoms with van der Waals surface area (Å²) in [5.74, 6) is -0.148. The van der Waals surface area contributed by atoms with Crippen LogP contribution in [-0.4, -0.2) is 43.0 Å². The van der Waals surface area contributed by atoms with Crippen LogP contribution in [0.5, 0.6) is 0 Å². The highest BCUT2D eigenvalue weighted by molar-refractivity contribution is 5.91. The number of nitrogens with one attached hydrogen (secondary N) is 1. The van der Waals surface area contributed by atoms with Crippen molar-refractivity contribution in [3.8, 4) is 0 Å². The molecule has 1 aliphatic heterocycles. The molecule has 5 heteroatoms. The summed E-state index contributed by atoms with van der Waals surface area (Å²) < 4.78 is 5.11. The fourth-order valence-corrected chi connectivity index (χ4v) is 3.05. The lowest BCUT2D eigenvalue weighted by molar-refractivity contribution is -0.149. The van der Waals surface area contributed by atoms with Crippen molar-refractivity contribution in [2.75, 3.05) is 31.6 Å². The minimum absolute atomic E-state index is 0.0157. The molecule has 1 fully saturated rings. The fraction of sp³-hybridized carbons (Fsp3) is 0.579. The van der Waals surface area contributed by atoms with Crippen molar-refractivity contribution >= 4 is 17.6 Å². The van der Waals surface area contributed by atoms with Gasteiger partial charge in [-0.2, -0.15) is 0 Å². The average molecular weight is 332 g/mol. The third kappa shape index (κ3) is 5.34. The number of nitrogens with zero attached hydrogens (tertiary/aromatic N) is 1. The van der Waals surface area contributed by atoms with Gasteiger partial charge in [0, 0.05) is 25.2 Å². The summed E-state index contributed by atoms with van der Waals surface area (Å²) in [4.78, 5) is 26.3. The van der Waals surface area contributed by atoms with E-state index in [0.717, 1.165) is 36.2 Å². The number of ether oxygens (including phenoxy) is 1. The van der Waals surface area contributed by atoms with Crippen LogP contribution in [0.2, 0.25) is 0 Å². The highest BCUT2D eigenvalue weighted by Crippen LogP contribution is 2.19. The summed E-state index contributed by atoms with van der Waals surface area (Å²) in [6.45, 7) is 8.56. The Morgan fingerprint density at radius 1 is 1.33 bits per heavy atom. The van der Waals surface area contributed by atoms with Crippen molar-refractivity contribution in [2.45, 2.75) is 40.0 Å². The number of anilines is 1. The largest absolute Gasteiger partial charge is 0.466 e. The maximum absolute atomic E-state index is 12.2. The van der Waals surface area contributed by atoms with Crippen molar-refractivity contribution in [2.24, 2.45) is 5.92 Å². The molecule has 1 aromatic carbocycles. The quantitative estimate of drug-likeness (QED) is 0.814. The standard InChI is InChI=1S/C19H28N2O3/c1-4-24-19(23)16-6-5-10-21(13-16)11-9-18(22)20-17-12-14(2)7-8-15(17)3/h7-8,12,16H,4-6,9-11,13H2,1-3H3,(H,20,22)/t16-/m1/s1. The van der Waals surface area contributed by atoms with Gasteiger partial charge in [-0.15, -0.1) is 0 Å². The van der Waals surface area contributed by atoms with Gasteiger partial charge in [0.05, 0.1) is 12.5 Å². The van der Waals surface area contributed by atoms with Crippen molar-refractivity contribution in [1.29, 1.82) is 0 Å². The first-order valence-electron chi connectivity index (χ1n) is 8.75. The average Bonchev–Trinajstić information content (AvgIpc) is 2.57. The van der Waals surface area contributed by atoms with Crippen LogP contribution in [0, 0.1) is 19.8 Å². The van der Waals surface area contributed by atoms with Gasteiger partial charge in [0.15, 0.2) is 0 Å². The normalized spacial score (nSPS) is 18.2. The zero-order chi connectivity index (χ0) is 17.5. The van der Waals surface area contributed by atoms with Crippen LogP contribution in [0.4, 0.5) is 5.69 Å². The summed E-state index contributed by atoms with van der Waals surface area (Å²) in [7, 11) is 0. The zero-order valence-electron chi connectivity index (χ0n) is 14.9. The van der Waals surface area contributed by atoms with Crippen LogP contribution in [0.25, 0.3) is 0 Å². The van der Waals surface area contributed by atoms with Crippen LogP contribution in [0.1, 0.15) is 37.3 Å². The molecule has 1 aromatic rings. The molecular formula is C19H28N2O3. The second-order valence-corrected chi connectivity index (χ2v) is 6.51. The Hall–Kier alpha value is -1.88. The smallest absolute Gasteiger partial charge is 0.310 e. The van der Waals surface area contributed by atoms with Crippen molar-refractivity contribution in [3.05, 3.63) is 29.3 Å². The Morgan fingerprint density at radius 2 is 2.12 bits per heavy atom. The molecule has 1 atom stereocenters. The van der Waals surface area contributed by atoms with Gasteiger partial charge in [-0.1, -0.05) is 12.1 Å². The fourth-order valence-electron chi connectivity index (χ4n) is 3.05. The molecule has 24 heavy (non-hydrogen) atoms. The van der Waals surface area contributed by atoms with Crippen LogP contribution in [0.3, 0.4) is 0 Å². The van der Waals surface area contributed by atoms with E-state index in [1.165, 1.54) is 0 Å². The first-order valence-corrected chi connectivity index (χ1v) is 8.75. The molecule has 0 spiro atoms. The number of hydrogen-bond donors (Lipinski definition) is 1. The number of amides is 1. The van der Waals surface area contributed by atoms with Gasteiger partial charge in [0.1, 0.15) is 0 Å². The highest BCUT2D eigenvalue weighted by atomic mass is 16.5. The molecule has 2 rings (SSSR count). The third-order valence-electron chi connectivity index (χ3n) is 4.45. The second-order valence-electron chi connectivity index (χ2n) is 6.51. The lowest BCUT2D eigenvalue weighted by atomic mass is 9.98. The summed E-state index contributed by atoms with van der Waals surface area (Å²) in [6, 6.07) is 6.04. The highest BCUT2D eigenvalue weighted by Gasteiger charge is 2.26. The number of rotatable bonds is 6. The van der Waals surface area contributed by atoms with Crippen molar-refractivity contribution in [1.82, 2.24) is 4.90 Å². The van der Waals surface area contributed by atoms with Gasteiger partial charge in [0.25, 0.3) is 0 Å². The Morgan fingerprint density at radius 3 is 2.88 bits per heavy atom. The minimum atomic E-state index is -0.109. The first kappa shape index (κ1) is 18.5. The molecule has 132 valence electrons. The molecular weight excluding hydrogens is 304 g/mol. The molecule has 0 aliphatic carbocycles. The Balaban J connectivity index is 1.81. The van der Waals surface area contributed by atoms with E-state index in [9.17, 15) is 9.59 Å². The molecule has 0 bridgehead atoms. The molecule has 0 saturated carbocycles. The SMILES string of the molecule is CCOC(=O)[C@@H]1CCCN(CCC(=O)Nc2cc(C)ccc2C)C1. The van der Waals surface area contributed by atoms with Crippen LogP contribution < -0.4 is 5.32 Å². The number of benzene rings is 1. The summed E-state index contributed by atoms with van der Waals surface area (Å²) in [6.07, 6.45) is 2.29. The van der Waals surface area contributed by atoms with Gasteiger partial charge >= 0.3 is 5.97 Å². The van der Waals surface area contributed by atoms with Gasteiger partial charge in [0.2, 0.25) is 5.91 Å². The Labute approximate surface area is 144 Å². The van der Waals surface area contributed by atoms with Crippen LogP contribution in [0.15, 0.2) is 18.2 Å². The van der Waals surface area contributed by atoms with Gasteiger partial charge in [-0.05, 0) is 57.4 Å². The number of hydrogen-bond acceptors (Lipinski definition) is 4. The lowest BCUT2D eigenvalue weighted by Gasteiger charge is -2.31. The minimum Gasteiger partial charge on any atom is -0.466 e. The van der Waals surface area contributed by atoms with E-state index in [-0.39, 0.29) is 17.8 Å². The Kier molecular flexibility index (Phi) is 6.79. The monoisotopic (exact) mass is 332 g/mol. The molecule has 5 nitrogen and oxygen atoms in total. The summed E-state index contributed by atoms with van der Waals surface area (Å²) in [5, 5.41) is 2.99. The van der Waals surface area contributed by atoms with E-state index in [4.69, 9.17) is 4.74 Å². The topological polar surface area (TPSA) is 58.6 Å². The van der Waals surface area contributed by atoms with E-state index >= 15 is 0 Å². The maximum Gasteiger partial charge on any atom is 0.310 e. The predicted molar refractivity (Wildman–Crippen MR) is 95.0 cm³/mol. The molecule has 0 unspecified atom stereocenters. The van der Waals surface area contributed by atoms with Crippen molar-refractivity contribution in [3.63, 3.8) is 0 Å². The lowest BCUT2D eigenvalue weighted by Crippen LogP contribution is -2.40. The van der Waals surface area contributed by atoms with E-state index in [2.05, 4.69) is 10.2 Å². The predicted octanol–water partition coefficient (Wildman–Crippen LogP) is 2.91. The number of likely N-dealkylation sites (tertiary alicyclic amines) is 1. The van der Waals surface area contributed by atoms with E-state index < -0.39 is 0 Å². The molecule has 0 radical (unpaired) electrons. The van der Waals surface area contributed by atoms with E-state index in [1.807, 2.05) is 39.0 Å². The number of esters is 1.